The molecule has 1 unspecified atom stereocenters. The van der Waals surface area contributed by atoms with E-state index in [0.29, 0.717) is 12.8 Å². The first kappa shape index (κ1) is 17.1. The lowest BCUT2D eigenvalue weighted by Gasteiger charge is -2.24. The smallest absolute Gasteiger partial charge is 0.293 e. The predicted octanol–water partition coefficient (Wildman–Crippen LogP) is 4.50. The fourth-order valence-corrected chi connectivity index (χ4v) is 3.54. The van der Waals surface area contributed by atoms with Crippen molar-refractivity contribution in [1.29, 1.82) is 0 Å². The zero-order valence-electron chi connectivity index (χ0n) is 13.3. The van der Waals surface area contributed by atoms with Crippen molar-refractivity contribution in [2.45, 2.75) is 34.6 Å². The third kappa shape index (κ3) is 4.26. The summed E-state index contributed by atoms with van der Waals surface area (Å²) in [6.45, 7) is 12.4. The Labute approximate surface area is 123 Å². The maximum absolute atomic E-state index is 12.6. The lowest BCUT2D eigenvalue weighted by Crippen LogP contribution is -2.21. The summed E-state index contributed by atoms with van der Waals surface area (Å²) in [5.41, 5.74) is 3.12. The summed E-state index contributed by atoms with van der Waals surface area (Å²) in [7, 11) is -2.78. The standard InChI is InChI=1S/C15H27N2O2P/c1-6-17(7-2)14-11-10-13(5)15(12-14)16-20(18,9-4)19-8-3/h10-12H,6-9H2,1-5H3,(H,16,18). The first-order valence-electron chi connectivity index (χ1n) is 7.37. The molecule has 5 heteroatoms. The van der Waals surface area contributed by atoms with E-state index in [-0.39, 0.29) is 0 Å². The molecule has 0 fully saturated rings. The quantitative estimate of drug-likeness (QED) is 0.717. The van der Waals surface area contributed by atoms with Crippen LogP contribution in [-0.2, 0) is 9.09 Å². The average Bonchev–Trinajstić information content (AvgIpc) is 2.44. The second-order valence-corrected chi connectivity index (χ2v) is 7.15. The van der Waals surface area contributed by atoms with Crippen LogP contribution in [0.25, 0.3) is 0 Å². The van der Waals surface area contributed by atoms with E-state index in [1.165, 1.54) is 0 Å². The number of anilines is 2. The number of benzene rings is 1. The first-order valence-corrected chi connectivity index (χ1v) is 9.18. The van der Waals surface area contributed by atoms with E-state index in [2.05, 4.69) is 42.0 Å². The van der Waals surface area contributed by atoms with Gasteiger partial charge in [0.1, 0.15) is 0 Å². The molecule has 0 aliphatic carbocycles. The minimum atomic E-state index is -2.78. The van der Waals surface area contributed by atoms with Crippen molar-refractivity contribution in [3.63, 3.8) is 0 Å². The van der Waals surface area contributed by atoms with Crippen molar-refractivity contribution in [2.24, 2.45) is 0 Å². The van der Waals surface area contributed by atoms with E-state index in [1.807, 2.05) is 20.8 Å². The summed E-state index contributed by atoms with van der Waals surface area (Å²) in [6.07, 6.45) is 0.482. The van der Waals surface area contributed by atoms with Gasteiger partial charge in [0.25, 0.3) is 7.52 Å². The normalized spacial score (nSPS) is 13.8. The molecule has 0 aliphatic rings. The Morgan fingerprint density at radius 3 is 2.35 bits per heavy atom. The first-order chi connectivity index (χ1) is 9.49. The van der Waals surface area contributed by atoms with E-state index < -0.39 is 7.52 Å². The summed E-state index contributed by atoms with van der Waals surface area (Å²) >= 11 is 0. The number of hydrogen-bond donors (Lipinski definition) is 1. The van der Waals surface area contributed by atoms with Crippen LogP contribution in [0.5, 0.6) is 0 Å². The maximum Gasteiger partial charge on any atom is 0.293 e. The van der Waals surface area contributed by atoms with Crippen LogP contribution in [0.3, 0.4) is 0 Å². The van der Waals surface area contributed by atoms with E-state index in [1.54, 1.807) is 0 Å². The summed E-state index contributed by atoms with van der Waals surface area (Å²) in [5, 5.41) is 3.12. The van der Waals surface area contributed by atoms with Crippen molar-refractivity contribution < 1.29 is 9.09 Å². The molecule has 0 aromatic heterocycles. The van der Waals surface area contributed by atoms with Crippen LogP contribution >= 0.6 is 7.52 Å². The van der Waals surface area contributed by atoms with Crippen molar-refractivity contribution in [3.05, 3.63) is 23.8 Å². The minimum Gasteiger partial charge on any atom is -0.372 e. The second kappa shape index (κ2) is 7.70. The van der Waals surface area contributed by atoms with Gasteiger partial charge in [-0.3, -0.25) is 4.57 Å². The summed E-state index contributed by atoms with van der Waals surface area (Å²) in [6, 6.07) is 6.22. The van der Waals surface area contributed by atoms with E-state index in [4.69, 9.17) is 4.52 Å². The second-order valence-electron chi connectivity index (χ2n) is 4.69. The molecule has 1 N–H and O–H groups in total. The Morgan fingerprint density at radius 2 is 1.85 bits per heavy atom. The van der Waals surface area contributed by atoms with Gasteiger partial charge in [-0.15, -0.1) is 0 Å². The van der Waals surface area contributed by atoms with E-state index >= 15 is 0 Å². The number of aryl methyl sites for hydroxylation is 1. The van der Waals surface area contributed by atoms with Gasteiger partial charge in [0.2, 0.25) is 0 Å². The monoisotopic (exact) mass is 298 g/mol. The van der Waals surface area contributed by atoms with Crippen molar-refractivity contribution in [2.75, 3.05) is 35.8 Å². The van der Waals surface area contributed by atoms with Gasteiger partial charge in [-0.1, -0.05) is 13.0 Å². The molecule has 0 spiro atoms. The van der Waals surface area contributed by atoms with Gasteiger partial charge in [0.05, 0.1) is 6.61 Å². The summed E-state index contributed by atoms with van der Waals surface area (Å²) in [5.74, 6) is 0. The largest absolute Gasteiger partial charge is 0.372 e. The average molecular weight is 298 g/mol. The highest BCUT2D eigenvalue weighted by molar-refractivity contribution is 7.60. The number of nitrogens with one attached hydrogen (secondary N) is 1. The van der Waals surface area contributed by atoms with Crippen LogP contribution in [0, 0.1) is 6.92 Å². The highest BCUT2D eigenvalue weighted by Crippen LogP contribution is 2.47. The molecule has 1 rings (SSSR count). The molecule has 0 aliphatic heterocycles. The fraction of sp³-hybridized carbons (Fsp3) is 0.600. The Morgan fingerprint density at radius 1 is 1.20 bits per heavy atom. The third-order valence-electron chi connectivity index (χ3n) is 3.39. The molecule has 0 heterocycles. The molecule has 114 valence electrons. The molecule has 1 aromatic carbocycles. The Kier molecular flexibility index (Phi) is 6.57. The lowest BCUT2D eigenvalue weighted by molar-refractivity contribution is 0.337. The summed E-state index contributed by atoms with van der Waals surface area (Å²) < 4.78 is 18.0. The molecule has 0 saturated carbocycles. The predicted molar refractivity (Wildman–Crippen MR) is 88.1 cm³/mol. The van der Waals surface area contributed by atoms with Gasteiger partial charge < -0.3 is 14.5 Å². The van der Waals surface area contributed by atoms with Gasteiger partial charge in [-0.2, -0.15) is 0 Å². The van der Waals surface area contributed by atoms with Crippen LogP contribution in [-0.4, -0.2) is 25.9 Å². The zero-order chi connectivity index (χ0) is 15.2. The SMILES string of the molecule is CCOP(=O)(CC)Nc1cc(N(CC)CC)ccc1C. The Balaban J connectivity index is 3.05. The van der Waals surface area contributed by atoms with E-state index in [0.717, 1.165) is 30.0 Å². The van der Waals surface area contributed by atoms with Crippen molar-refractivity contribution >= 4 is 18.9 Å². The van der Waals surface area contributed by atoms with Crippen LogP contribution in [0.15, 0.2) is 18.2 Å². The van der Waals surface area contributed by atoms with Gasteiger partial charge in [-0.05, 0) is 45.4 Å². The van der Waals surface area contributed by atoms with Crippen LogP contribution in [0.1, 0.15) is 33.3 Å². The lowest BCUT2D eigenvalue weighted by atomic mass is 10.1. The highest BCUT2D eigenvalue weighted by atomic mass is 31.2. The van der Waals surface area contributed by atoms with Crippen molar-refractivity contribution in [1.82, 2.24) is 0 Å². The Bertz CT molecular complexity index is 473. The Hall–Kier alpha value is -0.990. The van der Waals surface area contributed by atoms with Gasteiger partial charge in [0.15, 0.2) is 0 Å². The van der Waals surface area contributed by atoms with Gasteiger partial charge in [0, 0.05) is 30.6 Å². The molecule has 0 amide bonds. The van der Waals surface area contributed by atoms with E-state index in [9.17, 15) is 4.57 Å². The molecule has 0 radical (unpaired) electrons. The fourth-order valence-electron chi connectivity index (χ4n) is 2.11. The minimum absolute atomic E-state index is 0.451. The van der Waals surface area contributed by atoms with Gasteiger partial charge >= 0.3 is 0 Å². The number of nitrogens with zero attached hydrogens (tertiary/aromatic N) is 1. The molecular formula is C15H27N2O2P. The topological polar surface area (TPSA) is 41.6 Å². The molecule has 1 atom stereocenters. The molecule has 20 heavy (non-hydrogen) atoms. The van der Waals surface area contributed by atoms with Crippen LogP contribution in [0.4, 0.5) is 11.4 Å². The van der Waals surface area contributed by atoms with Gasteiger partial charge in [-0.25, -0.2) is 0 Å². The van der Waals surface area contributed by atoms with Crippen LogP contribution < -0.4 is 9.99 Å². The third-order valence-corrected chi connectivity index (χ3v) is 5.48. The highest BCUT2D eigenvalue weighted by Gasteiger charge is 2.20. The summed E-state index contributed by atoms with van der Waals surface area (Å²) in [4.78, 5) is 2.27. The molecule has 0 saturated heterocycles. The number of rotatable bonds is 8. The zero-order valence-corrected chi connectivity index (χ0v) is 14.2. The molecular weight excluding hydrogens is 271 g/mol. The molecule has 4 nitrogen and oxygen atoms in total. The van der Waals surface area contributed by atoms with Crippen molar-refractivity contribution in [3.8, 4) is 0 Å². The molecule has 1 aromatic rings. The molecule has 0 bridgehead atoms. The number of hydrogen-bond acceptors (Lipinski definition) is 3. The maximum atomic E-state index is 12.6. The van der Waals surface area contributed by atoms with Crippen LogP contribution in [0.2, 0.25) is 0 Å².